The molecule has 1 aliphatic heterocycles. The highest BCUT2D eigenvalue weighted by Crippen LogP contribution is 2.43. The number of aryl methyl sites for hydroxylation is 1. The molecule has 0 spiro atoms. The van der Waals surface area contributed by atoms with Crippen molar-refractivity contribution in [2.75, 3.05) is 11.1 Å². The third kappa shape index (κ3) is 6.86. The van der Waals surface area contributed by atoms with E-state index in [4.69, 9.17) is 9.47 Å². The fourth-order valence-electron chi connectivity index (χ4n) is 4.53. The van der Waals surface area contributed by atoms with E-state index in [1.165, 1.54) is 11.8 Å². The van der Waals surface area contributed by atoms with Gasteiger partial charge in [0.2, 0.25) is 5.16 Å². The van der Waals surface area contributed by atoms with Crippen LogP contribution in [0.2, 0.25) is 0 Å². The first-order valence-corrected chi connectivity index (χ1v) is 14.0. The van der Waals surface area contributed by atoms with Crippen LogP contribution in [0.1, 0.15) is 41.6 Å². The summed E-state index contributed by atoms with van der Waals surface area (Å²) < 4.78 is 14.7. The lowest BCUT2D eigenvalue weighted by molar-refractivity contribution is -0.268. The van der Waals surface area contributed by atoms with E-state index in [0.29, 0.717) is 23.1 Å². The zero-order valence-corrected chi connectivity index (χ0v) is 23.1. The number of aromatic nitrogens is 4. The van der Waals surface area contributed by atoms with Gasteiger partial charge >= 0.3 is 6.03 Å². The van der Waals surface area contributed by atoms with Crippen LogP contribution < -0.4 is 10.6 Å². The Bertz CT molecular complexity index is 1400. The number of carbonyl (C=O) groups excluding carboxylic acids is 1. The molecule has 4 aromatic rings. The summed E-state index contributed by atoms with van der Waals surface area (Å²) in [7, 11) is 1.80. The molecule has 10 nitrogen and oxygen atoms in total. The molecule has 3 aromatic carbocycles. The number of ether oxygens (including phenoxy) is 2. The number of hydrogen-bond donors (Lipinski definition) is 3. The first kappa shape index (κ1) is 27.8. The van der Waals surface area contributed by atoms with E-state index >= 15 is 0 Å². The second-order valence-electron chi connectivity index (χ2n) is 9.64. The zero-order valence-electron chi connectivity index (χ0n) is 22.3. The van der Waals surface area contributed by atoms with Gasteiger partial charge in [-0.3, -0.25) is 0 Å². The van der Waals surface area contributed by atoms with Crippen LogP contribution in [-0.4, -0.2) is 43.2 Å². The lowest BCUT2D eigenvalue weighted by atomic mass is 9.91. The third-order valence-corrected chi connectivity index (χ3v) is 7.89. The van der Waals surface area contributed by atoms with Crippen molar-refractivity contribution in [3.63, 3.8) is 0 Å². The smallest absolute Gasteiger partial charge is 0.319 e. The number of rotatable bonds is 9. The highest BCUT2D eigenvalue weighted by atomic mass is 32.2. The summed E-state index contributed by atoms with van der Waals surface area (Å²) in [5.41, 5.74) is 4.28. The second kappa shape index (κ2) is 13.1. The summed E-state index contributed by atoms with van der Waals surface area (Å²) in [6.07, 6.45) is -1.08. The van der Waals surface area contributed by atoms with Crippen LogP contribution in [0, 0.1) is 5.92 Å². The van der Waals surface area contributed by atoms with Crippen molar-refractivity contribution in [3.05, 3.63) is 101 Å². The van der Waals surface area contributed by atoms with Crippen LogP contribution in [0.5, 0.6) is 0 Å². The van der Waals surface area contributed by atoms with Gasteiger partial charge in [-0.2, -0.15) is 0 Å². The number of anilines is 1. The quantitative estimate of drug-likeness (QED) is 0.254. The Balaban J connectivity index is 1.32. The minimum Gasteiger partial charge on any atom is -0.392 e. The van der Waals surface area contributed by atoms with Crippen molar-refractivity contribution in [3.8, 4) is 0 Å². The first-order valence-electron chi connectivity index (χ1n) is 13.0. The Morgan fingerprint density at radius 2 is 1.80 bits per heavy atom. The Morgan fingerprint density at radius 1 is 1.00 bits per heavy atom. The standard InChI is InChI=1S/C29H32N6O4S/c1-19-25(18-40-29-32-33-34-35(29)2)38-27(39-26(19)22-13-11-21(17-36)12-14-22)23-9-6-10-24(15-23)31-28(37)30-16-20-7-4-3-5-8-20/h3-15,19,25-27,36H,16-18H2,1-2H3,(H2,30,31,37)/t19-,25+,26+,27+/m0/s1. The number of aliphatic hydroxyl groups excluding tert-OH is 1. The Kier molecular flexibility index (Phi) is 9.07. The molecule has 4 atom stereocenters. The topological polar surface area (TPSA) is 123 Å². The van der Waals surface area contributed by atoms with Crippen molar-refractivity contribution in [1.29, 1.82) is 0 Å². The van der Waals surface area contributed by atoms with Gasteiger partial charge < -0.3 is 25.2 Å². The molecule has 208 valence electrons. The summed E-state index contributed by atoms with van der Waals surface area (Å²) in [6, 6.07) is 24.7. The van der Waals surface area contributed by atoms with Crippen molar-refractivity contribution in [2.24, 2.45) is 13.0 Å². The number of nitrogens with zero attached hydrogens (tertiary/aromatic N) is 4. The second-order valence-corrected chi connectivity index (χ2v) is 10.6. The molecule has 2 heterocycles. The molecule has 1 fully saturated rings. The lowest BCUT2D eigenvalue weighted by Gasteiger charge is -2.41. The molecule has 0 saturated carbocycles. The monoisotopic (exact) mass is 560 g/mol. The summed E-state index contributed by atoms with van der Waals surface area (Å²) in [5.74, 6) is 0.648. The molecule has 0 bridgehead atoms. The number of tetrazole rings is 1. The third-order valence-electron chi connectivity index (χ3n) is 6.79. The SMILES string of the molecule is C[C@H]1[C@@H](CSc2nnnn2C)O[C@@H](c2cccc(NC(=O)NCc3ccccc3)c2)O[C@H]1c1ccc(CO)cc1. The number of aliphatic hydroxyl groups is 1. The molecule has 1 saturated heterocycles. The average molecular weight is 561 g/mol. The van der Waals surface area contributed by atoms with Crippen LogP contribution in [-0.2, 0) is 29.7 Å². The Hall–Kier alpha value is -3.77. The predicted molar refractivity (Wildman–Crippen MR) is 151 cm³/mol. The predicted octanol–water partition coefficient (Wildman–Crippen LogP) is 4.61. The number of nitrogens with one attached hydrogen (secondary N) is 2. The van der Waals surface area contributed by atoms with Crippen LogP contribution in [0.15, 0.2) is 84.0 Å². The Labute approximate surface area is 237 Å². The van der Waals surface area contributed by atoms with Gasteiger partial charge in [0.05, 0.1) is 18.8 Å². The maximum atomic E-state index is 12.6. The van der Waals surface area contributed by atoms with Crippen LogP contribution >= 0.6 is 11.8 Å². The van der Waals surface area contributed by atoms with Gasteiger partial charge in [0.25, 0.3) is 0 Å². The molecule has 1 aliphatic rings. The zero-order chi connectivity index (χ0) is 27.9. The van der Waals surface area contributed by atoms with Gasteiger partial charge in [-0.05, 0) is 39.2 Å². The van der Waals surface area contributed by atoms with Gasteiger partial charge in [0.15, 0.2) is 6.29 Å². The van der Waals surface area contributed by atoms with Crippen molar-refractivity contribution >= 4 is 23.5 Å². The molecule has 0 unspecified atom stereocenters. The molecule has 11 heteroatoms. The number of benzene rings is 3. The van der Waals surface area contributed by atoms with Gasteiger partial charge in [-0.1, -0.05) is 85.4 Å². The number of hydrogen-bond acceptors (Lipinski definition) is 8. The lowest BCUT2D eigenvalue weighted by Crippen LogP contribution is -2.38. The van der Waals surface area contributed by atoms with Crippen molar-refractivity contribution in [1.82, 2.24) is 25.5 Å². The van der Waals surface area contributed by atoms with Gasteiger partial charge in [0, 0.05) is 36.5 Å². The van der Waals surface area contributed by atoms with Crippen LogP contribution in [0.25, 0.3) is 0 Å². The number of thioether (sulfide) groups is 1. The highest BCUT2D eigenvalue weighted by Gasteiger charge is 2.38. The van der Waals surface area contributed by atoms with Crippen molar-refractivity contribution in [2.45, 2.75) is 43.7 Å². The summed E-state index contributed by atoms with van der Waals surface area (Å²) >= 11 is 1.53. The first-order chi connectivity index (χ1) is 19.5. The highest BCUT2D eigenvalue weighted by molar-refractivity contribution is 7.99. The molecular weight excluding hydrogens is 528 g/mol. The molecule has 3 N–H and O–H groups in total. The Morgan fingerprint density at radius 3 is 2.52 bits per heavy atom. The summed E-state index contributed by atoms with van der Waals surface area (Å²) in [4.78, 5) is 12.6. The number of urea groups is 1. The van der Waals surface area contributed by atoms with Gasteiger partial charge in [-0.25, -0.2) is 9.48 Å². The minimum atomic E-state index is -0.656. The van der Waals surface area contributed by atoms with E-state index in [0.717, 1.165) is 22.3 Å². The molecule has 1 aromatic heterocycles. The summed E-state index contributed by atoms with van der Waals surface area (Å²) in [5, 5.41) is 27.7. The average Bonchev–Trinajstić information content (AvgIpc) is 3.40. The van der Waals surface area contributed by atoms with E-state index in [1.807, 2.05) is 78.9 Å². The fraction of sp³-hybridized carbons (Fsp3) is 0.310. The molecule has 0 radical (unpaired) electrons. The minimum absolute atomic E-state index is 0.0171. The van der Waals surface area contributed by atoms with E-state index in [9.17, 15) is 9.90 Å². The van der Waals surface area contributed by atoms with Gasteiger partial charge in [0.1, 0.15) is 0 Å². The normalized spacial score (nSPS) is 20.7. The molecule has 40 heavy (non-hydrogen) atoms. The molecule has 2 amide bonds. The molecular formula is C29H32N6O4S. The van der Waals surface area contributed by atoms with Gasteiger partial charge in [-0.15, -0.1) is 5.10 Å². The molecule has 5 rings (SSSR count). The number of carbonyl (C=O) groups is 1. The van der Waals surface area contributed by atoms with Crippen LogP contribution in [0.3, 0.4) is 0 Å². The molecule has 0 aliphatic carbocycles. The van der Waals surface area contributed by atoms with E-state index in [-0.39, 0.29) is 30.8 Å². The van der Waals surface area contributed by atoms with E-state index in [2.05, 4.69) is 33.1 Å². The van der Waals surface area contributed by atoms with Crippen LogP contribution in [0.4, 0.5) is 10.5 Å². The van der Waals surface area contributed by atoms with E-state index < -0.39 is 6.29 Å². The maximum Gasteiger partial charge on any atom is 0.319 e. The maximum absolute atomic E-state index is 12.6. The largest absolute Gasteiger partial charge is 0.392 e. The number of amides is 2. The fourth-order valence-corrected chi connectivity index (χ4v) is 5.54. The van der Waals surface area contributed by atoms with E-state index in [1.54, 1.807) is 11.7 Å². The van der Waals surface area contributed by atoms with Crippen molar-refractivity contribution < 1.29 is 19.4 Å². The summed E-state index contributed by atoms with van der Waals surface area (Å²) in [6.45, 7) is 2.52.